The molecule has 0 radical (unpaired) electrons. The molecule has 2 aromatic carbocycles. The van der Waals surface area contributed by atoms with E-state index in [0.29, 0.717) is 17.1 Å². The Kier molecular flexibility index (Phi) is 3.64. The van der Waals surface area contributed by atoms with Crippen LogP contribution in [0.2, 0.25) is 5.02 Å². The highest BCUT2D eigenvalue weighted by Gasteiger charge is 2.09. The van der Waals surface area contributed by atoms with E-state index in [2.05, 4.69) is 0 Å². The third-order valence-electron chi connectivity index (χ3n) is 3.44. The first kappa shape index (κ1) is 13.7. The molecule has 5 heteroatoms. The minimum Gasteiger partial charge on any atom is -0.343 e. The highest BCUT2D eigenvalue weighted by atomic mass is 35.5. The van der Waals surface area contributed by atoms with Gasteiger partial charge in [-0.2, -0.15) is 0 Å². The molecule has 0 aliphatic heterocycles. The molecule has 0 saturated heterocycles. The molecule has 0 saturated carbocycles. The number of halogens is 1. The highest BCUT2D eigenvalue weighted by molar-refractivity contribution is 6.31. The van der Waals surface area contributed by atoms with Crippen LogP contribution in [0.4, 0.5) is 0 Å². The van der Waals surface area contributed by atoms with Gasteiger partial charge in [-0.05, 0) is 35.2 Å². The fourth-order valence-electron chi connectivity index (χ4n) is 2.34. The Labute approximate surface area is 126 Å². The van der Waals surface area contributed by atoms with Crippen LogP contribution in [0.5, 0.6) is 0 Å². The van der Waals surface area contributed by atoms with Crippen molar-refractivity contribution in [1.82, 2.24) is 10.0 Å². The number of nitrogens with zero attached hydrogens (tertiary/aromatic N) is 1. The predicted octanol–water partition coefficient (Wildman–Crippen LogP) is 3.46. The Morgan fingerprint density at radius 1 is 1.19 bits per heavy atom. The maximum absolute atomic E-state index is 11.5. The monoisotopic (exact) mass is 300 g/mol. The molecule has 0 bridgehead atoms. The Hall–Kier alpha value is -2.30. The molecule has 1 amide bonds. The van der Waals surface area contributed by atoms with Crippen LogP contribution < -0.4 is 5.48 Å². The van der Waals surface area contributed by atoms with Crippen molar-refractivity contribution in [3.8, 4) is 0 Å². The van der Waals surface area contributed by atoms with Gasteiger partial charge < -0.3 is 4.57 Å². The van der Waals surface area contributed by atoms with Crippen LogP contribution in [0.15, 0.2) is 54.7 Å². The second kappa shape index (κ2) is 5.60. The van der Waals surface area contributed by atoms with Gasteiger partial charge in [0.1, 0.15) is 0 Å². The summed E-state index contributed by atoms with van der Waals surface area (Å²) in [5.41, 5.74) is 3.97. The number of hydrogen-bond acceptors (Lipinski definition) is 2. The zero-order valence-corrected chi connectivity index (χ0v) is 11.8. The molecule has 4 nitrogen and oxygen atoms in total. The molecule has 21 heavy (non-hydrogen) atoms. The molecule has 1 aromatic heterocycles. The summed E-state index contributed by atoms with van der Waals surface area (Å²) in [7, 11) is 0. The van der Waals surface area contributed by atoms with Gasteiger partial charge >= 0.3 is 0 Å². The van der Waals surface area contributed by atoms with Crippen LogP contribution in [0.1, 0.15) is 15.9 Å². The zero-order chi connectivity index (χ0) is 14.8. The lowest BCUT2D eigenvalue weighted by Crippen LogP contribution is -2.18. The van der Waals surface area contributed by atoms with E-state index in [-0.39, 0.29) is 0 Å². The van der Waals surface area contributed by atoms with Crippen LogP contribution in [0, 0.1) is 0 Å². The Morgan fingerprint density at radius 2 is 2.00 bits per heavy atom. The Balaban J connectivity index is 2.03. The number of fused-ring (bicyclic) bond motifs is 1. The lowest BCUT2D eigenvalue weighted by molar-refractivity contribution is 0.0706. The summed E-state index contributed by atoms with van der Waals surface area (Å²) in [6, 6.07) is 14.9. The van der Waals surface area contributed by atoms with E-state index in [1.807, 2.05) is 47.2 Å². The third-order valence-corrected chi connectivity index (χ3v) is 3.80. The summed E-state index contributed by atoms with van der Waals surface area (Å²) in [6.07, 6.45) is 1.95. The average Bonchev–Trinajstić information content (AvgIpc) is 2.91. The average molecular weight is 301 g/mol. The van der Waals surface area contributed by atoms with E-state index in [4.69, 9.17) is 16.8 Å². The van der Waals surface area contributed by atoms with Crippen molar-refractivity contribution in [3.05, 3.63) is 70.9 Å². The molecule has 3 rings (SSSR count). The first-order chi connectivity index (χ1) is 10.2. The maximum atomic E-state index is 11.5. The number of amides is 1. The molecule has 0 fully saturated rings. The number of hydroxylamine groups is 1. The van der Waals surface area contributed by atoms with Gasteiger partial charge in [-0.1, -0.05) is 35.9 Å². The summed E-state index contributed by atoms with van der Waals surface area (Å²) in [5, 5.41) is 10.5. The summed E-state index contributed by atoms with van der Waals surface area (Å²) < 4.78 is 2.02. The molecule has 0 unspecified atom stereocenters. The minimum atomic E-state index is -0.526. The lowest BCUT2D eigenvalue weighted by atomic mass is 10.1. The van der Waals surface area contributed by atoms with Crippen molar-refractivity contribution in [2.45, 2.75) is 6.54 Å². The predicted molar refractivity (Wildman–Crippen MR) is 81.7 cm³/mol. The summed E-state index contributed by atoms with van der Waals surface area (Å²) in [4.78, 5) is 11.5. The molecule has 0 spiro atoms. The number of carbonyl (C=O) groups is 1. The van der Waals surface area contributed by atoms with E-state index < -0.39 is 5.91 Å². The van der Waals surface area contributed by atoms with E-state index in [0.717, 1.165) is 16.5 Å². The fourth-order valence-corrected chi connectivity index (χ4v) is 2.53. The van der Waals surface area contributed by atoms with Crippen LogP contribution in [-0.2, 0) is 6.54 Å². The van der Waals surface area contributed by atoms with Gasteiger partial charge in [-0.25, -0.2) is 5.48 Å². The second-order valence-electron chi connectivity index (χ2n) is 4.75. The SMILES string of the molecule is O=C(NO)c1ccc2ccn(Cc3ccccc3Cl)c2c1. The van der Waals surface area contributed by atoms with E-state index >= 15 is 0 Å². The molecule has 0 aliphatic rings. The third kappa shape index (κ3) is 2.63. The van der Waals surface area contributed by atoms with Gasteiger partial charge in [-0.15, -0.1) is 0 Å². The normalized spacial score (nSPS) is 10.8. The van der Waals surface area contributed by atoms with Gasteiger partial charge in [0.15, 0.2) is 0 Å². The molecular formula is C16H13ClN2O2. The summed E-state index contributed by atoms with van der Waals surface area (Å²) in [5.74, 6) is -0.526. The van der Waals surface area contributed by atoms with Crippen LogP contribution in [0.3, 0.4) is 0 Å². The minimum absolute atomic E-state index is 0.407. The summed E-state index contributed by atoms with van der Waals surface area (Å²) >= 11 is 6.19. The van der Waals surface area contributed by atoms with Crippen molar-refractivity contribution >= 4 is 28.4 Å². The van der Waals surface area contributed by atoms with Gasteiger partial charge in [0, 0.05) is 28.8 Å². The van der Waals surface area contributed by atoms with E-state index in [9.17, 15) is 4.79 Å². The van der Waals surface area contributed by atoms with Crippen molar-refractivity contribution < 1.29 is 10.0 Å². The van der Waals surface area contributed by atoms with Gasteiger partial charge in [0.05, 0.1) is 0 Å². The fraction of sp³-hybridized carbons (Fsp3) is 0.0625. The number of benzene rings is 2. The van der Waals surface area contributed by atoms with Crippen LogP contribution in [-0.4, -0.2) is 15.7 Å². The summed E-state index contributed by atoms with van der Waals surface area (Å²) in [6.45, 7) is 0.618. The zero-order valence-electron chi connectivity index (χ0n) is 11.1. The number of hydrogen-bond donors (Lipinski definition) is 2. The van der Waals surface area contributed by atoms with Gasteiger partial charge in [-0.3, -0.25) is 10.0 Å². The Morgan fingerprint density at radius 3 is 2.76 bits per heavy atom. The largest absolute Gasteiger partial charge is 0.343 e. The van der Waals surface area contributed by atoms with Gasteiger partial charge in [0.2, 0.25) is 0 Å². The number of rotatable bonds is 3. The molecule has 0 aliphatic carbocycles. The number of carbonyl (C=O) groups excluding carboxylic acids is 1. The van der Waals surface area contributed by atoms with E-state index in [1.165, 1.54) is 0 Å². The molecule has 1 heterocycles. The van der Waals surface area contributed by atoms with Crippen molar-refractivity contribution in [1.29, 1.82) is 0 Å². The smallest absolute Gasteiger partial charge is 0.274 e. The highest BCUT2D eigenvalue weighted by Crippen LogP contribution is 2.22. The second-order valence-corrected chi connectivity index (χ2v) is 5.16. The standard InChI is InChI=1S/C16H13ClN2O2/c17-14-4-2-1-3-13(14)10-19-8-7-11-5-6-12(9-15(11)19)16(20)18-21/h1-9,21H,10H2,(H,18,20). The quantitative estimate of drug-likeness (QED) is 0.575. The van der Waals surface area contributed by atoms with Gasteiger partial charge in [0.25, 0.3) is 5.91 Å². The van der Waals surface area contributed by atoms with Crippen LogP contribution in [0.25, 0.3) is 10.9 Å². The number of aromatic nitrogens is 1. The van der Waals surface area contributed by atoms with Crippen LogP contribution >= 0.6 is 11.6 Å². The first-order valence-electron chi connectivity index (χ1n) is 6.46. The molecular weight excluding hydrogens is 288 g/mol. The van der Waals surface area contributed by atoms with Crippen molar-refractivity contribution in [2.24, 2.45) is 0 Å². The number of nitrogens with one attached hydrogen (secondary N) is 1. The molecule has 3 aromatic rings. The molecule has 2 N–H and O–H groups in total. The van der Waals surface area contributed by atoms with Crippen molar-refractivity contribution in [3.63, 3.8) is 0 Å². The lowest BCUT2D eigenvalue weighted by Gasteiger charge is -2.08. The maximum Gasteiger partial charge on any atom is 0.274 e. The first-order valence-corrected chi connectivity index (χ1v) is 6.83. The van der Waals surface area contributed by atoms with E-state index in [1.54, 1.807) is 17.6 Å². The Bertz CT molecular complexity index is 811. The van der Waals surface area contributed by atoms with Crippen molar-refractivity contribution in [2.75, 3.05) is 0 Å². The molecule has 0 atom stereocenters. The topological polar surface area (TPSA) is 54.3 Å². The molecule has 106 valence electrons.